The average molecular weight is 436 g/mol. The molecule has 2 amide bonds. The second kappa shape index (κ2) is 9.75. The van der Waals surface area contributed by atoms with Crippen LogP contribution in [0.1, 0.15) is 45.3 Å². The van der Waals surface area contributed by atoms with Gasteiger partial charge in [-0.3, -0.25) is 14.9 Å². The Hall–Kier alpha value is -3.19. The highest BCUT2D eigenvalue weighted by molar-refractivity contribution is 7.16. The van der Waals surface area contributed by atoms with Crippen molar-refractivity contribution in [1.82, 2.24) is 10.3 Å². The van der Waals surface area contributed by atoms with Gasteiger partial charge in [-0.1, -0.05) is 36.4 Å². The first-order valence-electron chi connectivity index (χ1n) is 10.4. The molecule has 0 unspecified atom stereocenters. The molecule has 0 saturated heterocycles. The third kappa shape index (κ3) is 4.94. The fourth-order valence-electron chi connectivity index (χ4n) is 3.84. The summed E-state index contributed by atoms with van der Waals surface area (Å²) in [4.78, 5) is 31.0. The Kier molecular flexibility index (Phi) is 6.62. The zero-order chi connectivity index (χ0) is 21.6. The molecule has 31 heavy (non-hydrogen) atoms. The van der Waals surface area contributed by atoms with E-state index >= 15 is 0 Å². The van der Waals surface area contributed by atoms with Gasteiger partial charge >= 0.3 is 0 Å². The topological polar surface area (TPSA) is 80.3 Å². The van der Waals surface area contributed by atoms with Gasteiger partial charge in [0, 0.05) is 17.0 Å². The van der Waals surface area contributed by atoms with Gasteiger partial charge in [-0.25, -0.2) is 4.98 Å². The number of anilines is 1. The van der Waals surface area contributed by atoms with Gasteiger partial charge in [-0.2, -0.15) is 0 Å². The van der Waals surface area contributed by atoms with Crippen LogP contribution in [0.2, 0.25) is 0 Å². The van der Waals surface area contributed by atoms with Crippen molar-refractivity contribution in [1.29, 1.82) is 0 Å². The minimum absolute atomic E-state index is 0.0120. The summed E-state index contributed by atoms with van der Waals surface area (Å²) in [6, 6.07) is 16.9. The highest BCUT2D eigenvalue weighted by Gasteiger charge is 2.30. The van der Waals surface area contributed by atoms with Gasteiger partial charge in [0.25, 0.3) is 5.91 Å². The summed E-state index contributed by atoms with van der Waals surface area (Å²) in [6.45, 7) is 0.535. The lowest BCUT2D eigenvalue weighted by Crippen LogP contribution is -2.32. The lowest BCUT2D eigenvalue weighted by atomic mass is 9.90. The van der Waals surface area contributed by atoms with Crippen molar-refractivity contribution >= 4 is 28.3 Å². The molecule has 0 bridgehead atoms. The van der Waals surface area contributed by atoms with Gasteiger partial charge in [0.05, 0.1) is 18.7 Å². The van der Waals surface area contributed by atoms with Gasteiger partial charge < -0.3 is 10.1 Å². The van der Waals surface area contributed by atoms with E-state index in [4.69, 9.17) is 4.74 Å². The summed E-state index contributed by atoms with van der Waals surface area (Å²) in [5.41, 5.74) is 2.45. The molecule has 1 aliphatic rings. The summed E-state index contributed by atoms with van der Waals surface area (Å²) >= 11 is 1.47. The second-order valence-corrected chi connectivity index (χ2v) is 8.53. The first kappa shape index (κ1) is 21.1. The van der Waals surface area contributed by atoms with E-state index in [1.165, 1.54) is 11.3 Å². The Morgan fingerprint density at radius 1 is 1.13 bits per heavy atom. The molecular weight excluding hydrogens is 410 g/mol. The molecule has 1 aromatic heterocycles. The van der Waals surface area contributed by atoms with E-state index in [0.29, 0.717) is 23.7 Å². The van der Waals surface area contributed by atoms with Crippen LogP contribution in [-0.4, -0.2) is 30.5 Å². The van der Waals surface area contributed by atoms with Crippen LogP contribution in [0.25, 0.3) is 0 Å². The maximum Gasteiger partial charge on any atom is 0.257 e. The van der Waals surface area contributed by atoms with Crippen LogP contribution in [0, 0.1) is 0 Å². The number of methoxy groups -OCH3 is 1. The number of benzene rings is 2. The zero-order valence-electron chi connectivity index (χ0n) is 17.4. The third-order valence-corrected chi connectivity index (χ3v) is 6.46. The van der Waals surface area contributed by atoms with Crippen molar-refractivity contribution in [2.75, 3.05) is 19.0 Å². The van der Waals surface area contributed by atoms with Crippen LogP contribution in [-0.2, 0) is 17.6 Å². The molecule has 0 fully saturated rings. The summed E-state index contributed by atoms with van der Waals surface area (Å²) in [5.74, 6) is 0.349. The minimum Gasteiger partial charge on any atom is -0.496 e. The maximum atomic E-state index is 12.9. The Balaban J connectivity index is 1.39. The van der Waals surface area contributed by atoms with Crippen LogP contribution in [0.3, 0.4) is 0 Å². The number of aromatic nitrogens is 1. The Bertz CT molecular complexity index is 1060. The minimum atomic E-state index is -0.278. The summed E-state index contributed by atoms with van der Waals surface area (Å²) < 4.78 is 5.38. The number of amides is 2. The molecule has 1 heterocycles. The van der Waals surface area contributed by atoms with Crippen LogP contribution in [0.4, 0.5) is 5.13 Å². The number of nitrogens with zero attached hydrogens (tertiary/aromatic N) is 1. The number of aryl methyl sites for hydroxylation is 1. The zero-order valence-corrected chi connectivity index (χ0v) is 18.2. The van der Waals surface area contributed by atoms with Crippen molar-refractivity contribution in [3.63, 3.8) is 0 Å². The van der Waals surface area contributed by atoms with Crippen LogP contribution in [0.15, 0.2) is 54.6 Å². The predicted molar refractivity (Wildman–Crippen MR) is 122 cm³/mol. The molecule has 0 saturated carbocycles. The van der Waals surface area contributed by atoms with Crippen molar-refractivity contribution in [3.8, 4) is 5.75 Å². The summed E-state index contributed by atoms with van der Waals surface area (Å²) in [7, 11) is 1.65. The largest absolute Gasteiger partial charge is 0.496 e. The fraction of sp³-hybridized carbons (Fsp3) is 0.292. The number of hydrogen-bond donors (Lipinski definition) is 2. The molecule has 4 rings (SSSR count). The smallest absolute Gasteiger partial charge is 0.257 e. The first-order chi connectivity index (χ1) is 15.2. The van der Waals surface area contributed by atoms with Gasteiger partial charge in [0.1, 0.15) is 5.75 Å². The number of hydrogen-bond acceptors (Lipinski definition) is 5. The number of carbonyl (C=O) groups excluding carboxylic acids is 2. The number of fused-ring (bicyclic) bond motifs is 1. The fourth-order valence-corrected chi connectivity index (χ4v) is 4.90. The molecule has 1 atom stereocenters. The molecule has 2 aromatic carbocycles. The lowest BCUT2D eigenvalue weighted by molar-refractivity contribution is -0.122. The number of nitrogens with one attached hydrogen (secondary N) is 2. The number of thiazole rings is 1. The number of ether oxygens (including phenoxy) is 1. The lowest BCUT2D eigenvalue weighted by Gasteiger charge is -2.20. The van der Waals surface area contributed by atoms with E-state index in [1.54, 1.807) is 19.2 Å². The SMILES string of the molecule is COc1ccccc1CCNC(=O)[C@@H]1CCCc2sc(NC(=O)c3ccccc3)nc21. The highest BCUT2D eigenvalue weighted by Crippen LogP contribution is 2.37. The Morgan fingerprint density at radius 3 is 2.71 bits per heavy atom. The normalized spacial score (nSPS) is 15.1. The molecule has 6 nitrogen and oxygen atoms in total. The molecule has 0 spiro atoms. The molecular formula is C24H25N3O3S. The van der Waals surface area contributed by atoms with E-state index < -0.39 is 0 Å². The van der Waals surface area contributed by atoms with Crippen molar-refractivity contribution < 1.29 is 14.3 Å². The molecule has 0 aliphatic heterocycles. The first-order valence-corrected chi connectivity index (χ1v) is 11.2. The predicted octanol–water partition coefficient (Wildman–Crippen LogP) is 4.18. The summed E-state index contributed by atoms with van der Waals surface area (Å²) in [5, 5.41) is 6.48. The van der Waals surface area contributed by atoms with Crippen LogP contribution in [0.5, 0.6) is 5.75 Å². The van der Waals surface area contributed by atoms with Crippen molar-refractivity contribution in [2.24, 2.45) is 0 Å². The van der Waals surface area contributed by atoms with Gasteiger partial charge in [0.15, 0.2) is 5.13 Å². The molecule has 7 heteroatoms. The maximum absolute atomic E-state index is 12.9. The summed E-state index contributed by atoms with van der Waals surface area (Å²) in [6.07, 6.45) is 3.29. The van der Waals surface area contributed by atoms with E-state index in [2.05, 4.69) is 15.6 Å². The third-order valence-electron chi connectivity index (χ3n) is 5.41. The van der Waals surface area contributed by atoms with Crippen LogP contribution >= 0.6 is 11.3 Å². The van der Waals surface area contributed by atoms with Gasteiger partial charge in [-0.05, 0) is 49.4 Å². The van der Waals surface area contributed by atoms with E-state index in [9.17, 15) is 9.59 Å². The number of para-hydroxylation sites is 1. The molecule has 2 N–H and O–H groups in total. The molecule has 3 aromatic rings. The van der Waals surface area contributed by atoms with E-state index in [1.807, 2.05) is 42.5 Å². The average Bonchev–Trinajstić information content (AvgIpc) is 3.22. The quantitative estimate of drug-likeness (QED) is 0.583. The highest BCUT2D eigenvalue weighted by atomic mass is 32.1. The van der Waals surface area contributed by atoms with Crippen molar-refractivity contribution in [2.45, 2.75) is 31.6 Å². The molecule has 0 radical (unpaired) electrons. The van der Waals surface area contributed by atoms with E-state index in [-0.39, 0.29) is 17.7 Å². The number of rotatable bonds is 7. The van der Waals surface area contributed by atoms with Gasteiger partial charge in [-0.15, -0.1) is 11.3 Å². The Labute approximate surface area is 185 Å². The molecule has 1 aliphatic carbocycles. The van der Waals surface area contributed by atoms with E-state index in [0.717, 1.165) is 41.1 Å². The van der Waals surface area contributed by atoms with Gasteiger partial charge in [0.2, 0.25) is 5.91 Å². The van der Waals surface area contributed by atoms with Crippen LogP contribution < -0.4 is 15.4 Å². The van der Waals surface area contributed by atoms with Crippen molar-refractivity contribution in [3.05, 3.63) is 76.3 Å². The second-order valence-electron chi connectivity index (χ2n) is 7.45. The molecule has 160 valence electrons. The Morgan fingerprint density at radius 2 is 1.90 bits per heavy atom. The monoisotopic (exact) mass is 435 g/mol. The number of carbonyl (C=O) groups is 2. The standard InChI is InChI=1S/C24H25N3O3S/c1-30-19-12-6-5-8-16(19)14-15-25-23(29)18-11-7-13-20-21(18)26-24(31-20)27-22(28)17-9-3-2-4-10-17/h2-6,8-10,12,18H,7,11,13-15H2,1H3,(H,25,29)(H,26,27,28)/t18-/m1/s1.